The molecule has 0 fully saturated rings. The molecule has 0 N–H and O–H groups in total. The van der Waals surface area contributed by atoms with Crippen molar-refractivity contribution >= 4 is 28.7 Å². The normalized spacial score (nSPS) is 15.4. The first-order chi connectivity index (χ1) is 6.34. The van der Waals surface area contributed by atoms with Gasteiger partial charge in [0.1, 0.15) is 6.10 Å². The Morgan fingerprint density at radius 2 is 1.57 bits per heavy atom. The molecule has 0 heterocycles. The van der Waals surface area contributed by atoms with E-state index in [0.29, 0.717) is 5.92 Å². The van der Waals surface area contributed by atoms with Gasteiger partial charge in [0.25, 0.3) is 0 Å². The maximum Gasteiger partial charge on any atom is 0.508 e. The van der Waals surface area contributed by atoms with Crippen molar-refractivity contribution in [2.24, 2.45) is 5.92 Å². The second-order valence-corrected chi connectivity index (χ2v) is 5.89. The summed E-state index contributed by atoms with van der Waals surface area (Å²) in [4.78, 5) is 11.2. The van der Waals surface area contributed by atoms with E-state index in [1.54, 1.807) is 13.8 Å². The first-order valence-electron chi connectivity index (χ1n) is 4.86. The summed E-state index contributed by atoms with van der Waals surface area (Å²) in [6.45, 7) is 9.69. The smallest absolute Gasteiger partial charge is 0.432 e. The van der Waals surface area contributed by atoms with Crippen LogP contribution in [0.2, 0.25) is 0 Å². The molecule has 0 spiro atoms. The van der Waals surface area contributed by atoms with Crippen LogP contribution in [0.4, 0.5) is 4.79 Å². The first kappa shape index (κ1) is 14.0. The molecule has 0 aromatic heterocycles. The van der Waals surface area contributed by atoms with Crippen molar-refractivity contribution in [3.63, 3.8) is 0 Å². The van der Waals surface area contributed by atoms with Crippen LogP contribution in [-0.4, -0.2) is 22.3 Å². The average Bonchev–Trinajstić information content (AvgIpc) is 1.97. The summed E-state index contributed by atoms with van der Waals surface area (Å²) in [7, 11) is 0. The molecule has 0 aliphatic heterocycles. The molecular weight excluding hydrogens is 295 g/mol. The van der Waals surface area contributed by atoms with E-state index in [2.05, 4.69) is 22.6 Å². The minimum atomic E-state index is -0.567. The lowest BCUT2D eigenvalue weighted by Crippen LogP contribution is -2.31. The number of alkyl halides is 1. The van der Waals surface area contributed by atoms with E-state index in [0.717, 1.165) is 0 Å². The van der Waals surface area contributed by atoms with Crippen molar-refractivity contribution in [1.29, 1.82) is 0 Å². The summed E-state index contributed by atoms with van der Waals surface area (Å²) in [6.07, 6.45) is -0.774. The Bertz CT molecular complexity index is 170. The molecule has 4 heteroatoms. The van der Waals surface area contributed by atoms with E-state index >= 15 is 0 Å². The molecule has 0 saturated carbocycles. The second kappa shape index (κ2) is 6.48. The monoisotopic (exact) mass is 314 g/mol. The Hall–Kier alpha value is 0. The molecule has 0 aromatic rings. The summed E-state index contributed by atoms with van der Waals surface area (Å²) in [5.41, 5.74) is 0. The number of carbonyl (C=O) groups is 1. The molecule has 0 amide bonds. The highest BCUT2D eigenvalue weighted by Crippen LogP contribution is 2.18. The summed E-state index contributed by atoms with van der Waals surface area (Å²) in [5.74, 6) is 0.307. The highest BCUT2D eigenvalue weighted by Gasteiger charge is 2.24. The maximum absolute atomic E-state index is 11.2. The fraction of sp³-hybridized carbons (Fsp3) is 0.900. The molecule has 0 radical (unpaired) electrons. The van der Waals surface area contributed by atoms with Crippen molar-refractivity contribution in [2.75, 3.05) is 0 Å². The third-order valence-corrected chi connectivity index (χ3v) is 2.38. The van der Waals surface area contributed by atoms with E-state index < -0.39 is 6.16 Å². The summed E-state index contributed by atoms with van der Waals surface area (Å²) < 4.78 is 10.4. The van der Waals surface area contributed by atoms with Crippen LogP contribution in [0.1, 0.15) is 34.6 Å². The Kier molecular flexibility index (Phi) is 6.48. The molecule has 0 saturated heterocycles. The first-order valence-corrected chi connectivity index (χ1v) is 6.10. The number of carbonyl (C=O) groups excluding carboxylic acids is 1. The van der Waals surface area contributed by atoms with Crippen LogP contribution >= 0.6 is 22.6 Å². The van der Waals surface area contributed by atoms with E-state index in [1.807, 2.05) is 20.8 Å². The zero-order valence-electron chi connectivity index (χ0n) is 9.41. The van der Waals surface area contributed by atoms with E-state index in [4.69, 9.17) is 9.47 Å². The fourth-order valence-corrected chi connectivity index (χ4v) is 2.07. The van der Waals surface area contributed by atoms with Crippen LogP contribution in [0.15, 0.2) is 0 Å². The Morgan fingerprint density at radius 1 is 1.07 bits per heavy atom. The summed E-state index contributed by atoms with van der Waals surface area (Å²) in [6, 6.07) is 0. The Labute approximate surface area is 99.7 Å². The molecule has 0 aromatic carbocycles. The number of hydrogen-bond donors (Lipinski definition) is 0. The van der Waals surface area contributed by atoms with E-state index in [-0.39, 0.29) is 16.1 Å². The van der Waals surface area contributed by atoms with Gasteiger partial charge in [-0.3, -0.25) is 0 Å². The standard InChI is InChI=1S/C10H19IO3/c1-6(2)9(8(5)11)14-10(12)13-7(3)4/h6-9H,1-5H3. The number of ether oxygens (including phenoxy) is 2. The predicted molar refractivity (Wildman–Crippen MR) is 64.8 cm³/mol. The van der Waals surface area contributed by atoms with Crippen molar-refractivity contribution in [3.05, 3.63) is 0 Å². The van der Waals surface area contributed by atoms with Gasteiger partial charge in [-0.15, -0.1) is 0 Å². The van der Waals surface area contributed by atoms with Gasteiger partial charge in [0, 0.05) is 3.92 Å². The highest BCUT2D eigenvalue weighted by atomic mass is 127. The molecule has 2 unspecified atom stereocenters. The van der Waals surface area contributed by atoms with E-state index in [9.17, 15) is 4.79 Å². The number of halogens is 1. The maximum atomic E-state index is 11.2. The van der Waals surface area contributed by atoms with Gasteiger partial charge in [0.15, 0.2) is 0 Å². The van der Waals surface area contributed by atoms with Crippen LogP contribution in [0, 0.1) is 5.92 Å². The summed E-state index contributed by atoms with van der Waals surface area (Å²) in [5, 5.41) is 0. The van der Waals surface area contributed by atoms with Crippen molar-refractivity contribution in [1.82, 2.24) is 0 Å². The van der Waals surface area contributed by atoms with Crippen LogP contribution in [0.5, 0.6) is 0 Å². The van der Waals surface area contributed by atoms with Gasteiger partial charge >= 0.3 is 6.16 Å². The van der Waals surface area contributed by atoms with Crippen molar-refractivity contribution in [3.8, 4) is 0 Å². The minimum absolute atomic E-state index is 0.0816. The molecule has 3 nitrogen and oxygen atoms in total. The lowest BCUT2D eigenvalue weighted by molar-refractivity contribution is -0.00433. The SMILES string of the molecule is CC(C)OC(=O)OC(C(C)C)C(C)I. The van der Waals surface area contributed by atoms with Gasteiger partial charge in [0.05, 0.1) is 6.10 Å². The zero-order valence-corrected chi connectivity index (χ0v) is 11.6. The fourth-order valence-electron chi connectivity index (χ4n) is 1.09. The molecule has 2 atom stereocenters. The minimum Gasteiger partial charge on any atom is -0.432 e. The molecular formula is C10H19IO3. The predicted octanol–water partition coefficient (Wildman–Crippen LogP) is 3.40. The number of hydrogen-bond acceptors (Lipinski definition) is 3. The molecule has 0 aliphatic carbocycles. The van der Waals surface area contributed by atoms with Crippen LogP contribution in [-0.2, 0) is 9.47 Å². The van der Waals surface area contributed by atoms with Gasteiger partial charge in [0.2, 0.25) is 0 Å². The molecule has 84 valence electrons. The van der Waals surface area contributed by atoms with Gasteiger partial charge in [-0.2, -0.15) is 0 Å². The lowest BCUT2D eigenvalue weighted by Gasteiger charge is -2.23. The highest BCUT2D eigenvalue weighted by molar-refractivity contribution is 14.1. The van der Waals surface area contributed by atoms with Gasteiger partial charge in [-0.25, -0.2) is 4.79 Å². The molecule has 14 heavy (non-hydrogen) atoms. The van der Waals surface area contributed by atoms with E-state index in [1.165, 1.54) is 0 Å². The van der Waals surface area contributed by atoms with Crippen LogP contribution < -0.4 is 0 Å². The number of rotatable bonds is 4. The molecule has 0 aliphatic rings. The third kappa shape index (κ3) is 5.67. The third-order valence-electron chi connectivity index (χ3n) is 1.67. The topological polar surface area (TPSA) is 35.5 Å². The second-order valence-electron chi connectivity index (χ2n) is 3.92. The van der Waals surface area contributed by atoms with Crippen LogP contribution in [0.25, 0.3) is 0 Å². The van der Waals surface area contributed by atoms with Crippen molar-refractivity contribution < 1.29 is 14.3 Å². The quantitative estimate of drug-likeness (QED) is 0.453. The lowest BCUT2D eigenvalue weighted by atomic mass is 10.1. The average molecular weight is 314 g/mol. The van der Waals surface area contributed by atoms with Gasteiger partial charge in [-0.05, 0) is 26.7 Å². The summed E-state index contributed by atoms with van der Waals surface area (Å²) >= 11 is 2.25. The Morgan fingerprint density at radius 3 is 1.86 bits per heavy atom. The molecule has 0 rings (SSSR count). The van der Waals surface area contributed by atoms with Gasteiger partial charge in [-0.1, -0.05) is 36.4 Å². The van der Waals surface area contributed by atoms with Crippen molar-refractivity contribution in [2.45, 2.75) is 50.8 Å². The largest absolute Gasteiger partial charge is 0.508 e. The zero-order chi connectivity index (χ0) is 11.3. The van der Waals surface area contributed by atoms with Crippen LogP contribution in [0.3, 0.4) is 0 Å². The Balaban J connectivity index is 4.10. The molecule has 0 bridgehead atoms. The van der Waals surface area contributed by atoms with Gasteiger partial charge < -0.3 is 9.47 Å².